The zero-order chi connectivity index (χ0) is 28.4. The van der Waals surface area contributed by atoms with Crippen LogP contribution in [0.15, 0.2) is 36.4 Å². The molecule has 1 atom stereocenters. The van der Waals surface area contributed by atoms with Crippen molar-refractivity contribution in [2.24, 2.45) is 0 Å². The quantitative estimate of drug-likeness (QED) is 0.358. The second kappa shape index (κ2) is 14.6. The number of ether oxygens (including phenoxy) is 1. The summed E-state index contributed by atoms with van der Waals surface area (Å²) in [6, 6.07) is 8.36. The lowest BCUT2D eigenvalue weighted by molar-refractivity contribution is -0.142. The third kappa shape index (κ3) is 9.51. The number of amides is 2. The first-order valence-electron chi connectivity index (χ1n) is 12.4. The number of hydrogen-bond donors (Lipinski definition) is 2. The van der Waals surface area contributed by atoms with Gasteiger partial charge in [0, 0.05) is 18.2 Å². The third-order valence-corrected chi connectivity index (χ3v) is 5.94. The number of urea groups is 1. The second-order valence-corrected chi connectivity index (χ2v) is 9.41. The average molecular weight is 542 g/mol. The van der Waals surface area contributed by atoms with E-state index in [1.807, 2.05) is 45.2 Å². The van der Waals surface area contributed by atoms with Gasteiger partial charge in [-0.3, -0.25) is 0 Å². The number of nitrogens with zero attached hydrogens (tertiary/aromatic N) is 2. The molecule has 2 aromatic rings. The van der Waals surface area contributed by atoms with Gasteiger partial charge in [0.25, 0.3) is 0 Å². The Bertz CT molecular complexity index is 1060. The molecule has 1 heterocycles. The summed E-state index contributed by atoms with van der Waals surface area (Å²) in [7, 11) is 1.99. The highest BCUT2D eigenvalue weighted by Gasteiger charge is 2.29. The minimum Gasteiger partial charge on any atom is -0.491 e. The van der Waals surface area contributed by atoms with Crippen molar-refractivity contribution in [2.45, 2.75) is 65.0 Å². The van der Waals surface area contributed by atoms with Gasteiger partial charge in [0.05, 0.1) is 12.6 Å². The number of alkyl halides is 1. The van der Waals surface area contributed by atoms with E-state index in [2.05, 4.69) is 10.2 Å². The zero-order valence-corrected chi connectivity index (χ0v) is 22.0. The number of nitrogens with one attached hydrogen (secondary N) is 1. The highest BCUT2D eigenvalue weighted by Crippen LogP contribution is 2.23. The van der Waals surface area contributed by atoms with Crippen molar-refractivity contribution in [1.82, 2.24) is 15.1 Å². The van der Waals surface area contributed by atoms with Crippen LogP contribution in [0, 0.1) is 17.5 Å². The predicted molar refractivity (Wildman–Crippen MR) is 135 cm³/mol. The molecular formula is C27H35F4N3O4. The van der Waals surface area contributed by atoms with Crippen molar-refractivity contribution in [3.63, 3.8) is 0 Å². The second-order valence-electron chi connectivity index (χ2n) is 9.41. The van der Waals surface area contributed by atoms with Gasteiger partial charge in [0.15, 0.2) is 17.8 Å². The summed E-state index contributed by atoms with van der Waals surface area (Å²) in [5.74, 6) is -3.92. The van der Waals surface area contributed by atoms with Crippen molar-refractivity contribution < 1.29 is 37.0 Å². The maximum absolute atomic E-state index is 14.3. The number of rotatable bonds is 8. The van der Waals surface area contributed by atoms with Gasteiger partial charge >= 0.3 is 12.0 Å². The predicted octanol–water partition coefficient (Wildman–Crippen LogP) is 5.13. The lowest BCUT2D eigenvalue weighted by atomic mass is 10.0. The maximum Gasteiger partial charge on any atom is 0.337 e. The molecule has 1 aliphatic rings. The molecule has 2 N–H and O–H groups in total. The average Bonchev–Trinajstić information content (AvgIpc) is 2.86. The standard InChI is InChI=1S/C24H30F3N3O2.C3H5FO2/c1-16(2)32-19-6-4-17(5-7-19)14-28-24(31)30(18-10-12-29(3)13-11-18)15-20-21(25)8-9-22(26)23(20)27;1-2(4)3(5)6/h4-9,16,18H,10-15H2,1-3H3,(H,28,31);2H,1H3,(H,5,6). The van der Waals surface area contributed by atoms with Crippen LogP contribution in [0.4, 0.5) is 22.4 Å². The largest absolute Gasteiger partial charge is 0.491 e. The summed E-state index contributed by atoms with van der Waals surface area (Å²) >= 11 is 0. The molecule has 2 aromatic carbocycles. The van der Waals surface area contributed by atoms with Crippen LogP contribution in [0.1, 0.15) is 44.7 Å². The number of halogens is 4. The van der Waals surface area contributed by atoms with E-state index >= 15 is 0 Å². The van der Waals surface area contributed by atoms with Gasteiger partial charge < -0.3 is 25.0 Å². The number of benzene rings is 2. The summed E-state index contributed by atoms with van der Waals surface area (Å²) in [6.07, 6.45) is -0.329. The normalized spacial score (nSPS) is 14.9. The van der Waals surface area contributed by atoms with Crippen LogP contribution in [0.3, 0.4) is 0 Å². The van der Waals surface area contributed by atoms with Crippen molar-refractivity contribution in [3.8, 4) is 5.75 Å². The molecule has 3 rings (SSSR count). The number of hydrogen-bond acceptors (Lipinski definition) is 4. The highest BCUT2D eigenvalue weighted by molar-refractivity contribution is 5.74. The molecule has 38 heavy (non-hydrogen) atoms. The van der Waals surface area contributed by atoms with E-state index in [1.54, 1.807) is 0 Å². The maximum atomic E-state index is 14.3. The summed E-state index contributed by atoms with van der Waals surface area (Å²) in [4.78, 5) is 25.9. The molecule has 0 spiro atoms. The monoisotopic (exact) mass is 541 g/mol. The lowest BCUT2D eigenvalue weighted by Gasteiger charge is -2.37. The van der Waals surface area contributed by atoms with E-state index in [-0.39, 0.29) is 25.2 Å². The summed E-state index contributed by atoms with van der Waals surface area (Å²) in [6.45, 7) is 6.29. The van der Waals surface area contributed by atoms with E-state index in [1.165, 1.54) is 4.90 Å². The van der Waals surface area contributed by atoms with E-state index in [4.69, 9.17) is 9.84 Å². The van der Waals surface area contributed by atoms with Gasteiger partial charge in [-0.1, -0.05) is 12.1 Å². The third-order valence-electron chi connectivity index (χ3n) is 5.94. The fraction of sp³-hybridized carbons (Fsp3) is 0.481. The molecule has 0 radical (unpaired) electrons. The van der Waals surface area contributed by atoms with Crippen molar-refractivity contribution in [3.05, 3.63) is 65.0 Å². The number of piperidine rings is 1. The molecule has 1 aliphatic heterocycles. The summed E-state index contributed by atoms with van der Waals surface area (Å²) in [5, 5.41) is 10.5. The molecule has 0 aromatic heterocycles. The van der Waals surface area contributed by atoms with Crippen LogP contribution >= 0.6 is 0 Å². The van der Waals surface area contributed by atoms with E-state index in [0.29, 0.717) is 12.8 Å². The minimum atomic E-state index is -1.73. The molecular weight excluding hydrogens is 506 g/mol. The molecule has 1 fully saturated rings. The molecule has 7 nitrogen and oxygen atoms in total. The number of carboxylic acids is 1. The Hall–Kier alpha value is -3.34. The van der Waals surface area contributed by atoms with Crippen LogP contribution in [-0.4, -0.2) is 65.4 Å². The first-order valence-corrected chi connectivity index (χ1v) is 12.4. The summed E-state index contributed by atoms with van der Waals surface area (Å²) < 4.78 is 59.1. The topological polar surface area (TPSA) is 82.1 Å². The lowest BCUT2D eigenvalue weighted by Crippen LogP contribution is -2.49. The first-order chi connectivity index (χ1) is 17.9. The fourth-order valence-electron chi connectivity index (χ4n) is 3.79. The van der Waals surface area contributed by atoms with Crippen molar-refractivity contribution in [1.29, 1.82) is 0 Å². The van der Waals surface area contributed by atoms with Gasteiger partial charge in [-0.15, -0.1) is 0 Å². The summed E-state index contributed by atoms with van der Waals surface area (Å²) in [5.41, 5.74) is 0.426. The molecule has 2 amide bonds. The van der Waals surface area contributed by atoms with Crippen LogP contribution in [0.25, 0.3) is 0 Å². The Kier molecular flexibility index (Phi) is 11.8. The van der Waals surface area contributed by atoms with Gasteiger partial charge in [-0.2, -0.15) is 0 Å². The SMILES string of the molecule is CC(C)Oc1ccc(CNC(=O)N(Cc2c(F)ccc(F)c2F)C2CCN(C)CC2)cc1.CC(F)C(=O)O. The molecule has 210 valence electrons. The number of aliphatic carboxylic acids is 1. The Morgan fingerprint density at radius 3 is 2.13 bits per heavy atom. The number of carbonyl (C=O) groups excluding carboxylic acids is 1. The smallest absolute Gasteiger partial charge is 0.337 e. The Morgan fingerprint density at radius 2 is 1.61 bits per heavy atom. The van der Waals surface area contributed by atoms with Crippen LogP contribution in [-0.2, 0) is 17.9 Å². The van der Waals surface area contributed by atoms with Gasteiger partial charge in [0.2, 0.25) is 0 Å². The van der Waals surface area contributed by atoms with Crippen molar-refractivity contribution in [2.75, 3.05) is 20.1 Å². The fourth-order valence-corrected chi connectivity index (χ4v) is 3.79. The number of likely N-dealkylation sites (tertiary alicyclic amines) is 1. The Balaban J connectivity index is 0.000000757. The van der Waals surface area contributed by atoms with Crippen LogP contribution in [0.5, 0.6) is 5.75 Å². The van der Waals surface area contributed by atoms with E-state index in [0.717, 1.165) is 43.5 Å². The number of carbonyl (C=O) groups is 2. The van der Waals surface area contributed by atoms with Crippen LogP contribution in [0.2, 0.25) is 0 Å². The molecule has 1 saturated heterocycles. The first kappa shape index (κ1) is 30.9. The zero-order valence-electron chi connectivity index (χ0n) is 22.0. The molecule has 1 unspecified atom stereocenters. The number of carboxylic acid groups (broad SMARTS) is 1. The van der Waals surface area contributed by atoms with Crippen molar-refractivity contribution >= 4 is 12.0 Å². The van der Waals surface area contributed by atoms with Gasteiger partial charge in [-0.05, 0) is 83.6 Å². The van der Waals surface area contributed by atoms with Crippen LogP contribution < -0.4 is 10.1 Å². The molecule has 0 bridgehead atoms. The molecule has 0 saturated carbocycles. The Labute approximate surface area is 220 Å². The van der Waals surface area contributed by atoms with E-state index < -0.39 is 41.2 Å². The Morgan fingerprint density at radius 1 is 1.05 bits per heavy atom. The van der Waals surface area contributed by atoms with Gasteiger partial charge in [0.1, 0.15) is 11.6 Å². The molecule has 11 heteroatoms. The minimum absolute atomic E-state index is 0.0623. The van der Waals surface area contributed by atoms with Gasteiger partial charge in [-0.25, -0.2) is 27.2 Å². The highest BCUT2D eigenvalue weighted by atomic mass is 19.2. The molecule has 0 aliphatic carbocycles. The van der Waals surface area contributed by atoms with E-state index in [9.17, 15) is 27.2 Å².